The zero-order chi connectivity index (χ0) is 9.84. The molecule has 0 amide bonds. The number of benzene rings is 1. The van der Waals surface area contributed by atoms with Crippen LogP contribution in [0.25, 0.3) is 0 Å². The first-order chi connectivity index (χ1) is 6.09. The Hall–Kier alpha value is -0.470. The molecule has 0 fully saturated rings. The SMILES string of the molecule is C=C(Cl)CNc1cc(Br)ccc1C. The number of halogens is 2. The minimum absolute atomic E-state index is 0.596. The van der Waals surface area contributed by atoms with Crippen LogP contribution in [0.15, 0.2) is 34.3 Å². The normalized spacial score (nSPS) is 9.77. The van der Waals surface area contributed by atoms with E-state index in [2.05, 4.69) is 27.8 Å². The summed E-state index contributed by atoms with van der Waals surface area (Å²) >= 11 is 9.06. The molecule has 1 nitrogen and oxygen atoms in total. The van der Waals surface area contributed by atoms with Crippen molar-refractivity contribution in [3.05, 3.63) is 39.8 Å². The second-order valence-electron chi connectivity index (χ2n) is 2.83. The highest BCUT2D eigenvalue weighted by Crippen LogP contribution is 2.20. The average molecular weight is 261 g/mol. The molecule has 1 aromatic rings. The van der Waals surface area contributed by atoms with Crippen LogP contribution in [0.1, 0.15) is 5.56 Å². The molecule has 0 radical (unpaired) electrons. The van der Waals surface area contributed by atoms with Crippen LogP contribution in [0, 0.1) is 6.92 Å². The van der Waals surface area contributed by atoms with E-state index in [1.807, 2.05) is 25.1 Å². The summed E-state index contributed by atoms with van der Waals surface area (Å²) in [5.41, 5.74) is 2.28. The number of hydrogen-bond donors (Lipinski definition) is 1. The van der Waals surface area contributed by atoms with Gasteiger partial charge in [-0.05, 0) is 24.6 Å². The molecule has 1 rings (SSSR count). The predicted octanol–water partition coefficient (Wildman–Crippen LogP) is 3.92. The number of anilines is 1. The van der Waals surface area contributed by atoms with Gasteiger partial charge in [0.2, 0.25) is 0 Å². The lowest BCUT2D eigenvalue weighted by Gasteiger charge is -2.08. The van der Waals surface area contributed by atoms with Gasteiger partial charge in [-0.1, -0.05) is 40.2 Å². The molecule has 0 heterocycles. The molecule has 0 unspecified atom stereocenters. The van der Waals surface area contributed by atoms with Crippen molar-refractivity contribution < 1.29 is 0 Å². The van der Waals surface area contributed by atoms with Crippen molar-refractivity contribution >= 4 is 33.2 Å². The minimum Gasteiger partial charge on any atom is -0.380 e. The van der Waals surface area contributed by atoms with E-state index in [1.54, 1.807) is 0 Å². The molecule has 1 N–H and O–H groups in total. The van der Waals surface area contributed by atoms with Gasteiger partial charge in [0, 0.05) is 15.2 Å². The Kier molecular flexibility index (Phi) is 3.82. The molecule has 0 aliphatic carbocycles. The highest BCUT2D eigenvalue weighted by atomic mass is 79.9. The van der Waals surface area contributed by atoms with E-state index in [9.17, 15) is 0 Å². The van der Waals surface area contributed by atoms with Crippen molar-refractivity contribution in [3.8, 4) is 0 Å². The molecule has 0 aliphatic rings. The third-order valence-electron chi connectivity index (χ3n) is 1.67. The van der Waals surface area contributed by atoms with Gasteiger partial charge in [0.1, 0.15) is 0 Å². The van der Waals surface area contributed by atoms with Crippen LogP contribution in [-0.2, 0) is 0 Å². The molecule has 13 heavy (non-hydrogen) atoms. The number of hydrogen-bond acceptors (Lipinski definition) is 1. The molecule has 0 saturated heterocycles. The summed E-state index contributed by atoms with van der Waals surface area (Å²) in [5.74, 6) is 0. The van der Waals surface area contributed by atoms with Crippen LogP contribution in [0.2, 0.25) is 0 Å². The molecule has 0 atom stereocenters. The summed E-state index contributed by atoms with van der Waals surface area (Å²) in [7, 11) is 0. The van der Waals surface area contributed by atoms with Crippen molar-refractivity contribution in [3.63, 3.8) is 0 Å². The molecule has 0 spiro atoms. The first kappa shape index (κ1) is 10.6. The van der Waals surface area contributed by atoms with E-state index in [0.717, 1.165) is 10.2 Å². The van der Waals surface area contributed by atoms with E-state index in [4.69, 9.17) is 11.6 Å². The summed E-state index contributed by atoms with van der Waals surface area (Å²) < 4.78 is 1.06. The summed E-state index contributed by atoms with van der Waals surface area (Å²) in [6, 6.07) is 6.08. The van der Waals surface area contributed by atoms with Gasteiger partial charge < -0.3 is 5.32 Å². The van der Waals surface area contributed by atoms with Crippen LogP contribution in [0.4, 0.5) is 5.69 Å². The molecule has 1 aromatic carbocycles. The third-order valence-corrected chi connectivity index (χ3v) is 2.30. The first-order valence-corrected chi connectivity index (χ1v) is 5.10. The monoisotopic (exact) mass is 259 g/mol. The fourth-order valence-corrected chi connectivity index (χ4v) is 1.40. The zero-order valence-electron chi connectivity index (χ0n) is 7.40. The van der Waals surface area contributed by atoms with Gasteiger partial charge in [0.05, 0.1) is 6.54 Å². The van der Waals surface area contributed by atoms with E-state index in [0.29, 0.717) is 11.6 Å². The summed E-state index contributed by atoms with van der Waals surface area (Å²) in [4.78, 5) is 0. The second-order valence-corrected chi connectivity index (χ2v) is 4.28. The molecular formula is C10H11BrClN. The van der Waals surface area contributed by atoms with Crippen LogP contribution in [-0.4, -0.2) is 6.54 Å². The van der Waals surface area contributed by atoms with Gasteiger partial charge >= 0.3 is 0 Å². The maximum atomic E-state index is 5.65. The Morgan fingerprint density at radius 3 is 2.92 bits per heavy atom. The third kappa shape index (κ3) is 3.41. The number of nitrogens with one attached hydrogen (secondary N) is 1. The van der Waals surface area contributed by atoms with Gasteiger partial charge in [-0.2, -0.15) is 0 Å². The van der Waals surface area contributed by atoms with Crippen molar-refractivity contribution in [1.29, 1.82) is 0 Å². The summed E-state index contributed by atoms with van der Waals surface area (Å²) in [5, 5.41) is 3.80. The Bertz CT molecular complexity index is 323. The Balaban J connectivity index is 2.75. The lowest BCUT2D eigenvalue weighted by atomic mass is 10.2. The average Bonchev–Trinajstić information content (AvgIpc) is 2.06. The topological polar surface area (TPSA) is 12.0 Å². The van der Waals surface area contributed by atoms with E-state index >= 15 is 0 Å². The zero-order valence-corrected chi connectivity index (χ0v) is 9.74. The molecule has 0 aliphatic heterocycles. The van der Waals surface area contributed by atoms with Gasteiger partial charge in [0.25, 0.3) is 0 Å². The molecule has 3 heteroatoms. The lowest BCUT2D eigenvalue weighted by molar-refractivity contribution is 1.28. The predicted molar refractivity (Wildman–Crippen MR) is 62.4 cm³/mol. The maximum absolute atomic E-state index is 5.65. The quantitative estimate of drug-likeness (QED) is 0.868. The smallest absolute Gasteiger partial charge is 0.0502 e. The van der Waals surface area contributed by atoms with Gasteiger partial charge in [-0.25, -0.2) is 0 Å². The molecule has 70 valence electrons. The van der Waals surface area contributed by atoms with E-state index in [-0.39, 0.29) is 0 Å². The standard InChI is InChI=1S/C10H11BrClN/c1-7-3-4-9(11)5-10(7)13-6-8(2)12/h3-5,13H,2,6H2,1H3. The van der Waals surface area contributed by atoms with Crippen LogP contribution >= 0.6 is 27.5 Å². The molecule has 0 saturated carbocycles. The number of aryl methyl sites for hydroxylation is 1. The van der Waals surface area contributed by atoms with Gasteiger partial charge in [-0.3, -0.25) is 0 Å². The molecule has 0 bridgehead atoms. The minimum atomic E-state index is 0.596. The summed E-state index contributed by atoms with van der Waals surface area (Å²) in [6.45, 7) is 6.26. The maximum Gasteiger partial charge on any atom is 0.0502 e. The first-order valence-electron chi connectivity index (χ1n) is 3.93. The summed E-state index contributed by atoms with van der Waals surface area (Å²) in [6.07, 6.45) is 0. The highest BCUT2D eigenvalue weighted by Gasteiger charge is 1.98. The lowest BCUT2D eigenvalue weighted by Crippen LogP contribution is -2.02. The Morgan fingerprint density at radius 1 is 1.62 bits per heavy atom. The van der Waals surface area contributed by atoms with Crippen molar-refractivity contribution in [2.75, 3.05) is 11.9 Å². The van der Waals surface area contributed by atoms with Crippen molar-refractivity contribution in [2.45, 2.75) is 6.92 Å². The second kappa shape index (κ2) is 4.68. The van der Waals surface area contributed by atoms with Crippen LogP contribution in [0.5, 0.6) is 0 Å². The van der Waals surface area contributed by atoms with Gasteiger partial charge in [-0.15, -0.1) is 0 Å². The van der Waals surface area contributed by atoms with Crippen LogP contribution in [0.3, 0.4) is 0 Å². The molecule has 0 aromatic heterocycles. The fraction of sp³-hybridized carbons (Fsp3) is 0.200. The molecular weight excluding hydrogens is 249 g/mol. The highest BCUT2D eigenvalue weighted by molar-refractivity contribution is 9.10. The largest absolute Gasteiger partial charge is 0.380 e. The van der Waals surface area contributed by atoms with Gasteiger partial charge in [0.15, 0.2) is 0 Å². The van der Waals surface area contributed by atoms with Crippen molar-refractivity contribution in [1.82, 2.24) is 0 Å². The number of rotatable bonds is 3. The van der Waals surface area contributed by atoms with E-state index < -0.39 is 0 Å². The van der Waals surface area contributed by atoms with E-state index in [1.165, 1.54) is 5.56 Å². The fourth-order valence-electron chi connectivity index (χ4n) is 0.976. The Labute approximate surface area is 91.9 Å². The van der Waals surface area contributed by atoms with Crippen LogP contribution < -0.4 is 5.32 Å². The van der Waals surface area contributed by atoms with Crippen molar-refractivity contribution in [2.24, 2.45) is 0 Å². The Morgan fingerprint density at radius 2 is 2.31 bits per heavy atom.